The molecule has 0 aliphatic carbocycles. The molecular weight excluding hydrogens is 308 g/mol. The minimum atomic E-state index is -1.09. The summed E-state index contributed by atoms with van der Waals surface area (Å²) >= 11 is 0. The van der Waals surface area contributed by atoms with Gasteiger partial charge in [0.25, 0.3) is 0 Å². The number of carbonyl (C=O) groups is 2. The molecule has 0 unspecified atom stereocenters. The number of carboxylic acid groups (broad SMARTS) is 1. The van der Waals surface area contributed by atoms with E-state index in [9.17, 15) is 14.7 Å². The monoisotopic (exact) mass is 326 g/mol. The number of urea groups is 1. The molecule has 124 valence electrons. The number of benzene rings is 1. The van der Waals surface area contributed by atoms with Gasteiger partial charge in [-0.1, -0.05) is 24.3 Å². The highest BCUT2D eigenvalue weighted by Crippen LogP contribution is 2.25. The SMILES string of the molecule is C=CCNC(=O)N1CCc2c(c(C(=O)O)nn2-c2ccccc2)C1. The van der Waals surface area contributed by atoms with Crippen molar-refractivity contribution >= 4 is 12.0 Å². The number of carbonyl (C=O) groups excluding carboxylic acids is 1. The smallest absolute Gasteiger partial charge is 0.356 e. The van der Waals surface area contributed by atoms with E-state index in [1.54, 1.807) is 15.7 Å². The number of carboxylic acids is 1. The number of para-hydroxylation sites is 1. The molecule has 0 saturated heterocycles. The summed E-state index contributed by atoms with van der Waals surface area (Å²) < 4.78 is 1.66. The number of amides is 2. The van der Waals surface area contributed by atoms with Crippen LogP contribution in [0, 0.1) is 0 Å². The van der Waals surface area contributed by atoms with Crippen molar-refractivity contribution in [2.24, 2.45) is 0 Å². The number of nitrogens with one attached hydrogen (secondary N) is 1. The summed E-state index contributed by atoms with van der Waals surface area (Å²) in [6.45, 7) is 4.67. The van der Waals surface area contributed by atoms with Crippen LogP contribution >= 0.6 is 0 Å². The van der Waals surface area contributed by atoms with E-state index in [4.69, 9.17) is 0 Å². The molecule has 2 amide bonds. The molecule has 0 radical (unpaired) electrons. The van der Waals surface area contributed by atoms with E-state index in [2.05, 4.69) is 17.0 Å². The highest BCUT2D eigenvalue weighted by Gasteiger charge is 2.30. The molecule has 0 spiro atoms. The van der Waals surface area contributed by atoms with Gasteiger partial charge in [0.05, 0.1) is 17.9 Å². The van der Waals surface area contributed by atoms with Gasteiger partial charge >= 0.3 is 12.0 Å². The molecule has 1 aromatic carbocycles. The van der Waals surface area contributed by atoms with Crippen molar-refractivity contribution in [2.45, 2.75) is 13.0 Å². The number of aromatic nitrogens is 2. The van der Waals surface area contributed by atoms with Gasteiger partial charge in [-0.25, -0.2) is 14.3 Å². The molecule has 0 atom stereocenters. The summed E-state index contributed by atoms with van der Waals surface area (Å²) in [5, 5.41) is 16.4. The van der Waals surface area contributed by atoms with Gasteiger partial charge in [-0.15, -0.1) is 6.58 Å². The molecule has 2 aromatic rings. The van der Waals surface area contributed by atoms with E-state index in [0.717, 1.165) is 11.4 Å². The normalized spacial score (nSPS) is 13.2. The van der Waals surface area contributed by atoms with Crippen molar-refractivity contribution in [1.29, 1.82) is 0 Å². The molecule has 3 rings (SSSR count). The predicted molar refractivity (Wildman–Crippen MR) is 88.2 cm³/mol. The Bertz CT molecular complexity index is 783. The molecule has 7 nitrogen and oxygen atoms in total. The minimum absolute atomic E-state index is 0.00456. The molecule has 0 fully saturated rings. The van der Waals surface area contributed by atoms with E-state index in [1.165, 1.54) is 0 Å². The Morgan fingerprint density at radius 3 is 2.75 bits per heavy atom. The standard InChI is InChI=1S/C17H18N4O3/c1-2-9-18-17(24)20-10-8-14-13(11-20)15(16(22)23)19-21(14)12-6-4-3-5-7-12/h2-7H,1,8-11H2,(H,18,24)(H,22,23). The Labute approximate surface area is 139 Å². The summed E-state index contributed by atoms with van der Waals surface area (Å²) in [7, 11) is 0. The maximum absolute atomic E-state index is 12.1. The second-order valence-corrected chi connectivity index (χ2v) is 5.47. The van der Waals surface area contributed by atoms with Crippen LogP contribution < -0.4 is 5.32 Å². The van der Waals surface area contributed by atoms with Crippen molar-refractivity contribution in [3.8, 4) is 5.69 Å². The summed E-state index contributed by atoms with van der Waals surface area (Å²) in [4.78, 5) is 25.3. The lowest BCUT2D eigenvalue weighted by Gasteiger charge is -2.27. The zero-order valence-corrected chi connectivity index (χ0v) is 13.1. The molecule has 7 heteroatoms. The van der Waals surface area contributed by atoms with E-state index < -0.39 is 5.97 Å². The summed E-state index contributed by atoms with van der Waals surface area (Å²) in [5.74, 6) is -1.09. The van der Waals surface area contributed by atoms with E-state index >= 15 is 0 Å². The zero-order valence-electron chi connectivity index (χ0n) is 13.1. The Balaban J connectivity index is 1.96. The van der Waals surface area contributed by atoms with Crippen LogP contribution in [0.3, 0.4) is 0 Å². The highest BCUT2D eigenvalue weighted by molar-refractivity contribution is 5.88. The Morgan fingerprint density at radius 2 is 2.08 bits per heavy atom. The average Bonchev–Trinajstić information content (AvgIpc) is 2.99. The minimum Gasteiger partial charge on any atom is -0.476 e. The van der Waals surface area contributed by atoms with Crippen LogP contribution in [0.15, 0.2) is 43.0 Å². The molecule has 1 aliphatic heterocycles. The third kappa shape index (κ3) is 2.88. The Morgan fingerprint density at radius 1 is 1.33 bits per heavy atom. The second kappa shape index (κ2) is 6.57. The first-order chi connectivity index (χ1) is 11.6. The third-order valence-electron chi connectivity index (χ3n) is 3.95. The van der Waals surface area contributed by atoms with Gasteiger partial charge in [0.1, 0.15) is 0 Å². The molecule has 0 bridgehead atoms. The van der Waals surface area contributed by atoms with Gasteiger partial charge in [0, 0.05) is 25.1 Å². The fourth-order valence-corrected chi connectivity index (χ4v) is 2.82. The van der Waals surface area contributed by atoms with Crippen LogP contribution in [0.4, 0.5) is 4.79 Å². The predicted octanol–water partition coefficient (Wildman–Crippen LogP) is 1.82. The van der Waals surface area contributed by atoms with E-state index in [0.29, 0.717) is 25.1 Å². The molecule has 24 heavy (non-hydrogen) atoms. The number of nitrogens with zero attached hydrogens (tertiary/aromatic N) is 3. The van der Waals surface area contributed by atoms with Gasteiger partial charge in [0.15, 0.2) is 5.69 Å². The zero-order chi connectivity index (χ0) is 17.1. The second-order valence-electron chi connectivity index (χ2n) is 5.47. The van der Waals surface area contributed by atoms with Crippen molar-refractivity contribution in [3.63, 3.8) is 0 Å². The van der Waals surface area contributed by atoms with Crippen LogP contribution in [0.1, 0.15) is 21.7 Å². The Hall–Kier alpha value is -3.09. The summed E-state index contributed by atoms with van der Waals surface area (Å²) in [6.07, 6.45) is 2.15. The third-order valence-corrected chi connectivity index (χ3v) is 3.95. The number of fused-ring (bicyclic) bond motifs is 1. The average molecular weight is 326 g/mol. The largest absolute Gasteiger partial charge is 0.476 e. The lowest BCUT2D eigenvalue weighted by Crippen LogP contribution is -2.43. The highest BCUT2D eigenvalue weighted by atomic mass is 16.4. The van der Waals surface area contributed by atoms with Crippen LogP contribution in [0.25, 0.3) is 5.69 Å². The maximum atomic E-state index is 12.1. The fourth-order valence-electron chi connectivity index (χ4n) is 2.82. The quantitative estimate of drug-likeness (QED) is 0.839. The van der Waals surface area contributed by atoms with Crippen molar-refractivity contribution in [2.75, 3.05) is 13.1 Å². The summed E-state index contributed by atoms with van der Waals surface area (Å²) in [5.41, 5.74) is 2.23. The van der Waals surface area contributed by atoms with Crippen molar-refractivity contribution < 1.29 is 14.7 Å². The topological polar surface area (TPSA) is 87.5 Å². The molecular formula is C17H18N4O3. The fraction of sp³-hybridized carbons (Fsp3) is 0.235. The molecule has 1 aromatic heterocycles. The first-order valence-electron chi connectivity index (χ1n) is 7.65. The van der Waals surface area contributed by atoms with Crippen LogP contribution in [-0.4, -0.2) is 44.9 Å². The van der Waals surface area contributed by atoms with Crippen LogP contribution in [0.5, 0.6) is 0 Å². The first kappa shape index (κ1) is 15.8. The molecule has 0 saturated carbocycles. The van der Waals surface area contributed by atoms with Gasteiger partial charge in [-0.2, -0.15) is 5.10 Å². The molecule has 1 aliphatic rings. The molecule has 2 N–H and O–H groups in total. The van der Waals surface area contributed by atoms with Gasteiger partial charge in [0.2, 0.25) is 0 Å². The lowest BCUT2D eigenvalue weighted by molar-refractivity contribution is 0.0687. The van der Waals surface area contributed by atoms with Gasteiger partial charge < -0.3 is 15.3 Å². The lowest BCUT2D eigenvalue weighted by atomic mass is 10.1. The van der Waals surface area contributed by atoms with Gasteiger partial charge in [-0.3, -0.25) is 0 Å². The van der Waals surface area contributed by atoms with Gasteiger partial charge in [-0.05, 0) is 12.1 Å². The number of rotatable bonds is 4. The first-order valence-corrected chi connectivity index (χ1v) is 7.65. The number of hydrogen-bond donors (Lipinski definition) is 2. The van der Waals surface area contributed by atoms with Crippen LogP contribution in [0.2, 0.25) is 0 Å². The molecule has 2 heterocycles. The Kier molecular flexibility index (Phi) is 4.33. The number of aromatic carboxylic acids is 1. The van der Waals surface area contributed by atoms with Crippen LogP contribution in [-0.2, 0) is 13.0 Å². The number of hydrogen-bond acceptors (Lipinski definition) is 3. The summed E-state index contributed by atoms with van der Waals surface area (Å²) in [6, 6.07) is 9.17. The van der Waals surface area contributed by atoms with Crippen molar-refractivity contribution in [1.82, 2.24) is 20.0 Å². The van der Waals surface area contributed by atoms with E-state index in [1.807, 2.05) is 30.3 Å². The maximum Gasteiger partial charge on any atom is 0.356 e. The van der Waals surface area contributed by atoms with E-state index in [-0.39, 0.29) is 18.3 Å². The van der Waals surface area contributed by atoms with Crippen molar-refractivity contribution in [3.05, 3.63) is 59.9 Å².